The Bertz CT molecular complexity index is 1390. The summed E-state index contributed by atoms with van der Waals surface area (Å²) in [6.07, 6.45) is 1.71. The van der Waals surface area contributed by atoms with Gasteiger partial charge in [-0.05, 0) is 71.6 Å². The molecule has 0 bridgehead atoms. The lowest BCUT2D eigenvalue weighted by atomic mass is 10.2. The Morgan fingerprint density at radius 3 is 2.65 bits per heavy atom. The van der Waals surface area contributed by atoms with Crippen LogP contribution in [0.1, 0.15) is 18.1 Å². The van der Waals surface area contributed by atoms with E-state index in [1.54, 1.807) is 23.0 Å². The van der Waals surface area contributed by atoms with E-state index < -0.39 is 0 Å². The monoisotopic (exact) mass is 624 g/mol. The van der Waals surface area contributed by atoms with Gasteiger partial charge in [0.1, 0.15) is 6.61 Å². The predicted octanol–water partition coefficient (Wildman–Crippen LogP) is 7.38. The number of nitrogens with zero attached hydrogens (tertiary/aromatic N) is 3. The number of hydrogen-bond acceptors (Lipinski definition) is 5. The molecule has 1 aromatic heterocycles. The molecule has 0 saturated carbocycles. The van der Waals surface area contributed by atoms with Gasteiger partial charge < -0.3 is 9.47 Å². The highest BCUT2D eigenvalue weighted by molar-refractivity contribution is 14.1. The molecule has 174 valence electrons. The summed E-state index contributed by atoms with van der Waals surface area (Å²) in [5, 5.41) is 12.8. The van der Waals surface area contributed by atoms with Crippen molar-refractivity contribution in [3.05, 3.63) is 90.2 Å². The van der Waals surface area contributed by atoms with Crippen molar-refractivity contribution in [1.29, 1.82) is 0 Å². The van der Waals surface area contributed by atoms with Crippen molar-refractivity contribution >= 4 is 64.2 Å². The molecular formula is C24H19Cl2IN4O2S. The zero-order valence-electron chi connectivity index (χ0n) is 18.0. The quantitative estimate of drug-likeness (QED) is 0.126. The van der Waals surface area contributed by atoms with E-state index in [4.69, 9.17) is 44.9 Å². The van der Waals surface area contributed by atoms with Crippen LogP contribution < -0.4 is 9.47 Å². The number of halogens is 3. The highest BCUT2D eigenvalue weighted by Gasteiger charge is 2.14. The summed E-state index contributed by atoms with van der Waals surface area (Å²) < 4.78 is 14.8. The second-order valence-corrected chi connectivity index (χ2v) is 9.45. The first-order valence-electron chi connectivity index (χ1n) is 10.3. The third-order valence-electron chi connectivity index (χ3n) is 4.72. The Morgan fingerprint density at radius 1 is 1.12 bits per heavy atom. The number of nitrogens with one attached hydrogen (secondary N) is 1. The zero-order valence-corrected chi connectivity index (χ0v) is 22.5. The molecule has 10 heteroatoms. The number of benzene rings is 3. The second-order valence-electron chi connectivity index (χ2n) is 7.06. The van der Waals surface area contributed by atoms with Crippen molar-refractivity contribution < 1.29 is 9.47 Å². The topological polar surface area (TPSA) is 64.4 Å². The van der Waals surface area contributed by atoms with Gasteiger partial charge in [0.15, 0.2) is 17.3 Å². The average molecular weight is 625 g/mol. The molecule has 6 nitrogen and oxygen atoms in total. The van der Waals surface area contributed by atoms with Crippen LogP contribution in [0.15, 0.2) is 65.8 Å². The highest BCUT2D eigenvalue weighted by Crippen LogP contribution is 2.35. The molecule has 4 aromatic rings. The Balaban J connectivity index is 1.61. The van der Waals surface area contributed by atoms with Gasteiger partial charge in [-0.1, -0.05) is 59.6 Å². The van der Waals surface area contributed by atoms with Crippen LogP contribution in [0.5, 0.6) is 11.5 Å². The number of hydrogen-bond donors (Lipinski definition) is 1. The van der Waals surface area contributed by atoms with Gasteiger partial charge in [0.05, 0.1) is 16.4 Å². The van der Waals surface area contributed by atoms with Gasteiger partial charge in [-0.15, -0.1) is 0 Å². The van der Waals surface area contributed by atoms with Gasteiger partial charge in [0.2, 0.25) is 4.77 Å². The number of aromatic amines is 1. The van der Waals surface area contributed by atoms with E-state index in [0.29, 0.717) is 38.7 Å². The molecule has 4 rings (SSSR count). The summed E-state index contributed by atoms with van der Waals surface area (Å²) in [6, 6.07) is 18.9. The first kappa shape index (κ1) is 24.7. The van der Waals surface area contributed by atoms with E-state index >= 15 is 0 Å². The van der Waals surface area contributed by atoms with Crippen LogP contribution in [0, 0.1) is 8.34 Å². The van der Waals surface area contributed by atoms with E-state index in [-0.39, 0.29) is 6.61 Å². The van der Waals surface area contributed by atoms with Gasteiger partial charge in [0, 0.05) is 21.2 Å². The van der Waals surface area contributed by atoms with E-state index in [0.717, 1.165) is 20.3 Å². The summed E-state index contributed by atoms with van der Waals surface area (Å²) >= 11 is 19.9. The molecule has 0 unspecified atom stereocenters. The molecule has 34 heavy (non-hydrogen) atoms. The summed E-state index contributed by atoms with van der Waals surface area (Å²) in [4.78, 5) is 0. The number of ether oxygens (including phenoxy) is 2. The Hall–Kier alpha value is -2.40. The van der Waals surface area contributed by atoms with Crippen LogP contribution in [-0.2, 0) is 6.61 Å². The lowest BCUT2D eigenvalue weighted by Gasteiger charge is -2.15. The normalized spacial score (nSPS) is 11.2. The summed E-state index contributed by atoms with van der Waals surface area (Å²) in [7, 11) is 0. The standard InChI is InChI=1S/C24H19Cl2IN4O2S/c1-2-32-21-11-15(10-20(27)22(21)33-14-17-8-9-18(25)12-19(17)26)13-28-31-23(29-30-24(31)34)16-6-4-3-5-7-16/h3-13H,2,14H2,1H3,(H,30,34)/b28-13-. The SMILES string of the molecule is CCOc1cc(/C=N\n2c(-c3ccccc3)n[nH]c2=S)cc(I)c1OCc1ccc(Cl)cc1Cl. The van der Waals surface area contributed by atoms with E-state index in [1.165, 1.54) is 0 Å². The highest BCUT2D eigenvalue weighted by atomic mass is 127. The first-order valence-corrected chi connectivity index (χ1v) is 12.5. The van der Waals surface area contributed by atoms with Crippen molar-refractivity contribution in [1.82, 2.24) is 14.9 Å². The molecule has 0 spiro atoms. The van der Waals surface area contributed by atoms with Crippen LogP contribution in [-0.4, -0.2) is 27.7 Å². The molecule has 0 radical (unpaired) electrons. The van der Waals surface area contributed by atoms with Crippen LogP contribution >= 0.6 is 58.0 Å². The molecule has 1 N–H and O–H groups in total. The molecular weight excluding hydrogens is 606 g/mol. The summed E-state index contributed by atoms with van der Waals surface area (Å²) in [5.74, 6) is 1.87. The van der Waals surface area contributed by atoms with Crippen molar-refractivity contribution in [3.8, 4) is 22.9 Å². The van der Waals surface area contributed by atoms with E-state index in [2.05, 4.69) is 37.9 Å². The van der Waals surface area contributed by atoms with Crippen LogP contribution in [0.2, 0.25) is 10.0 Å². The molecule has 0 aliphatic rings. The van der Waals surface area contributed by atoms with Gasteiger partial charge in [0.25, 0.3) is 0 Å². The van der Waals surface area contributed by atoms with Crippen LogP contribution in [0.4, 0.5) is 0 Å². The third kappa shape index (κ3) is 5.80. The van der Waals surface area contributed by atoms with Gasteiger partial charge in [-0.25, -0.2) is 5.10 Å². The molecule has 3 aromatic carbocycles. The molecule has 0 saturated heterocycles. The summed E-state index contributed by atoms with van der Waals surface area (Å²) in [6.45, 7) is 2.69. The zero-order chi connectivity index (χ0) is 24.1. The largest absolute Gasteiger partial charge is 0.490 e. The Morgan fingerprint density at radius 2 is 1.91 bits per heavy atom. The predicted molar refractivity (Wildman–Crippen MR) is 147 cm³/mol. The number of aromatic nitrogens is 3. The number of rotatable bonds is 8. The lowest BCUT2D eigenvalue weighted by Crippen LogP contribution is -2.03. The van der Waals surface area contributed by atoms with Gasteiger partial charge in [-0.2, -0.15) is 14.9 Å². The minimum atomic E-state index is 0.282. The van der Waals surface area contributed by atoms with Crippen molar-refractivity contribution in [2.24, 2.45) is 5.10 Å². The second kappa shape index (κ2) is 11.4. The van der Waals surface area contributed by atoms with Crippen LogP contribution in [0.25, 0.3) is 11.4 Å². The van der Waals surface area contributed by atoms with Crippen molar-refractivity contribution in [3.63, 3.8) is 0 Å². The minimum Gasteiger partial charge on any atom is -0.490 e. The first-order chi connectivity index (χ1) is 16.5. The van der Waals surface area contributed by atoms with Gasteiger partial charge >= 0.3 is 0 Å². The maximum Gasteiger partial charge on any atom is 0.216 e. The van der Waals surface area contributed by atoms with E-state index in [1.807, 2.05) is 55.5 Å². The molecule has 0 fully saturated rings. The van der Waals surface area contributed by atoms with Gasteiger partial charge in [-0.3, -0.25) is 0 Å². The molecule has 0 aliphatic heterocycles. The van der Waals surface area contributed by atoms with Crippen molar-refractivity contribution in [2.75, 3.05) is 6.61 Å². The molecule has 0 amide bonds. The Kier molecular flexibility index (Phi) is 8.25. The fourth-order valence-corrected chi connectivity index (χ4v) is 4.57. The maximum absolute atomic E-state index is 6.29. The lowest BCUT2D eigenvalue weighted by molar-refractivity contribution is 0.267. The minimum absolute atomic E-state index is 0.282. The summed E-state index contributed by atoms with van der Waals surface area (Å²) in [5.41, 5.74) is 2.56. The van der Waals surface area contributed by atoms with Crippen molar-refractivity contribution in [2.45, 2.75) is 13.5 Å². The fraction of sp³-hybridized carbons (Fsp3) is 0.125. The Labute approximate surface area is 225 Å². The average Bonchev–Trinajstić information content (AvgIpc) is 3.19. The van der Waals surface area contributed by atoms with E-state index in [9.17, 15) is 0 Å². The molecule has 1 heterocycles. The third-order valence-corrected chi connectivity index (χ3v) is 6.38. The molecule has 0 atom stereocenters. The van der Waals surface area contributed by atoms with Crippen LogP contribution in [0.3, 0.4) is 0 Å². The fourth-order valence-electron chi connectivity index (χ4n) is 3.15. The number of H-pyrrole nitrogens is 1. The molecule has 0 aliphatic carbocycles. The maximum atomic E-state index is 6.29. The smallest absolute Gasteiger partial charge is 0.216 e.